The van der Waals surface area contributed by atoms with Gasteiger partial charge in [-0.1, -0.05) is 6.42 Å². The van der Waals surface area contributed by atoms with E-state index in [4.69, 9.17) is 0 Å². The maximum absolute atomic E-state index is 12.1. The van der Waals surface area contributed by atoms with Crippen molar-refractivity contribution in [3.63, 3.8) is 0 Å². The van der Waals surface area contributed by atoms with E-state index >= 15 is 0 Å². The predicted octanol–water partition coefficient (Wildman–Crippen LogP) is 0.714. The van der Waals surface area contributed by atoms with Gasteiger partial charge < -0.3 is 5.32 Å². The number of piperidine rings is 1. The second-order valence-electron chi connectivity index (χ2n) is 4.82. The summed E-state index contributed by atoms with van der Waals surface area (Å²) in [6, 6.07) is 1.97. The molecule has 0 bridgehead atoms. The Morgan fingerprint density at radius 2 is 2.37 bits per heavy atom. The van der Waals surface area contributed by atoms with E-state index in [0.29, 0.717) is 19.1 Å². The normalized spacial score (nSPS) is 20.6. The van der Waals surface area contributed by atoms with E-state index in [-0.39, 0.29) is 5.03 Å². The van der Waals surface area contributed by atoms with Gasteiger partial charge in [0.15, 0.2) is 5.03 Å². The van der Waals surface area contributed by atoms with Crippen molar-refractivity contribution < 1.29 is 8.42 Å². The molecule has 19 heavy (non-hydrogen) atoms. The van der Waals surface area contributed by atoms with E-state index in [1.165, 1.54) is 29.8 Å². The molecule has 6 nitrogen and oxygen atoms in total. The average Bonchev–Trinajstić information content (AvgIpc) is 2.89. The van der Waals surface area contributed by atoms with Crippen molar-refractivity contribution in [2.45, 2.75) is 50.2 Å². The summed E-state index contributed by atoms with van der Waals surface area (Å²) < 4.78 is 28.4. The molecule has 2 heterocycles. The number of hydrogen-bond donors (Lipinski definition) is 2. The van der Waals surface area contributed by atoms with Crippen molar-refractivity contribution in [3.8, 4) is 0 Å². The van der Waals surface area contributed by atoms with Crippen LogP contribution in [0.2, 0.25) is 0 Å². The Balaban J connectivity index is 1.87. The average molecular weight is 286 g/mol. The van der Waals surface area contributed by atoms with Crippen molar-refractivity contribution in [3.05, 3.63) is 12.3 Å². The number of nitrogens with one attached hydrogen (secondary N) is 2. The molecule has 0 aliphatic carbocycles. The van der Waals surface area contributed by atoms with Gasteiger partial charge >= 0.3 is 0 Å². The van der Waals surface area contributed by atoms with Gasteiger partial charge in [-0.3, -0.25) is 4.68 Å². The van der Waals surface area contributed by atoms with E-state index in [9.17, 15) is 8.42 Å². The molecule has 1 aromatic heterocycles. The van der Waals surface area contributed by atoms with Gasteiger partial charge in [0.05, 0.1) is 6.20 Å². The molecule has 0 unspecified atom stereocenters. The van der Waals surface area contributed by atoms with Gasteiger partial charge in [-0.05, 0) is 38.8 Å². The summed E-state index contributed by atoms with van der Waals surface area (Å²) in [7, 11) is -3.44. The van der Waals surface area contributed by atoms with Crippen molar-refractivity contribution in [2.24, 2.45) is 0 Å². The molecule has 1 fully saturated rings. The third-order valence-corrected chi connectivity index (χ3v) is 4.93. The first-order valence-electron chi connectivity index (χ1n) is 6.88. The van der Waals surface area contributed by atoms with Crippen molar-refractivity contribution in [1.29, 1.82) is 0 Å². The van der Waals surface area contributed by atoms with Crippen molar-refractivity contribution in [2.75, 3.05) is 13.1 Å². The Morgan fingerprint density at radius 3 is 3.05 bits per heavy atom. The molecule has 2 rings (SSSR count). The lowest BCUT2D eigenvalue weighted by molar-refractivity contribution is 0.382. The topological polar surface area (TPSA) is 76.0 Å². The standard InChI is InChI=1S/C12H22N4O2S/c1-2-16-12(7-9-14-16)19(17,18)15-10-6-11-5-3-4-8-13-11/h7,9,11,13,15H,2-6,8,10H2,1H3/t11-/m0/s1. The van der Waals surface area contributed by atoms with Crippen LogP contribution >= 0.6 is 0 Å². The number of rotatable bonds is 6. The fourth-order valence-electron chi connectivity index (χ4n) is 2.40. The molecule has 0 saturated carbocycles. The van der Waals surface area contributed by atoms with Gasteiger partial charge in [0.25, 0.3) is 10.0 Å². The summed E-state index contributed by atoms with van der Waals surface area (Å²) >= 11 is 0. The van der Waals surface area contributed by atoms with Gasteiger partial charge in [0, 0.05) is 19.1 Å². The summed E-state index contributed by atoms with van der Waals surface area (Å²) in [5, 5.41) is 7.64. The first kappa shape index (κ1) is 14.5. The quantitative estimate of drug-likeness (QED) is 0.807. The Bertz CT molecular complexity index is 492. The molecule has 7 heteroatoms. The van der Waals surface area contributed by atoms with Gasteiger partial charge in [0.2, 0.25) is 0 Å². The number of aromatic nitrogens is 2. The number of hydrogen-bond acceptors (Lipinski definition) is 4. The second kappa shape index (κ2) is 6.49. The van der Waals surface area contributed by atoms with Gasteiger partial charge in [0.1, 0.15) is 0 Å². The second-order valence-corrected chi connectivity index (χ2v) is 6.53. The zero-order valence-corrected chi connectivity index (χ0v) is 12.1. The van der Waals surface area contributed by atoms with E-state index in [2.05, 4.69) is 15.1 Å². The molecule has 0 amide bonds. The van der Waals surface area contributed by atoms with Crippen LogP contribution in [0.5, 0.6) is 0 Å². The van der Waals surface area contributed by atoms with Crippen LogP contribution in [0.1, 0.15) is 32.6 Å². The Hall–Kier alpha value is -0.920. The highest BCUT2D eigenvalue weighted by Gasteiger charge is 2.19. The first-order chi connectivity index (χ1) is 9.13. The van der Waals surface area contributed by atoms with E-state index in [1.54, 1.807) is 0 Å². The third-order valence-electron chi connectivity index (χ3n) is 3.45. The minimum Gasteiger partial charge on any atom is -0.314 e. The molecule has 1 atom stereocenters. The summed E-state index contributed by atoms with van der Waals surface area (Å²) in [4.78, 5) is 0. The van der Waals surface area contributed by atoms with Crippen LogP contribution in [0.25, 0.3) is 0 Å². The Morgan fingerprint density at radius 1 is 1.53 bits per heavy atom. The maximum Gasteiger partial charge on any atom is 0.257 e. The molecule has 2 N–H and O–H groups in total. The lowest BCUT2D eigenvalue weighted by Crippen LogP contribution is -2.37. The largest absolute Gasteiger partial charge is 0.314 e. The van der Waals surface area contributed by atoms with Crippen LogP contribution < -0.4 is 10.0 Å². The monoisotopic (exact) mass is 286 g/mol. The van der Waals surface area contributed by atoms with Crippen molar-refractivity contribution in [1.82, 2.24) is 19.8 Å². The Labute approximate surface area is 114 Å². The fraction of sp³-hybridized carbons (Fsp3) is 0.750. The Kier molecular flexibility index (Phi) is 4.95. The molecule has 1 aromatic rings. The summed E-state index contributed by atoms with van der Waals surface area (Å²) in [6.07, 6.45) is 5.93. The van der Waals surface area contributed by atoms with Gasteiger partial charge in [-0.2, -0.15) is 5.10 Å². The SMILES string of the molecule is CCn1nccc1S(=O)(=O)NCC[C@@H]1CCCCN1. The number of aryl methyl sites for hydroxylation is 1. The lowest BCUT2D eigenvalue weighted by Gasteiger charge is -2.23. The van der Waals surface area contributed by atoms with Crippen LogP contribution in [-0.4, -0.2) is 37.3 Å². The molecule has 0 radical (unpaired) electrons. The van der Waals surface area contributed by atoms with E-state index < -0.39 is 10.0 Å². The number of sulfonamides is 1. The molecule has 1 saturated heterocycles. The van der Waals surface area contributed by atoms with E-state index in [1.807, 2.05) is 6.92 Å². The molecule has 1 aliphatic rings. The van der Waals surface area contributed by atoms with Crippen LogP contribution in [0.3, 0.4) is 0 Å². The summed E-state index contributed by atoms with van der Waals surface area (Å²) in [6.45, 7) is 3.93. The molecule has 1 aliphatic heterocycles. The third kappa shape index (κ3) is 3.77. The summed E-state index contributed by atoms with van der Waals surface area (Å²) in [5.41, 5.74) is 0. The van der Waals surface area contributed by atoms with Crippen molar-refractivity contribution >= 4 is 10.0 Å². The zero-order chi connectivity index (χ0) is 13.7. The minimum absolute atomic E-state index is 0.242. The smallest absolute Gasteiger partial charge is 0.257 e. The van der Waals surface area contributed by atoms with Crippen LogP contribution in [-0.2, 0) is 16.6 Å². The van der Waals surface area contributed by atoms with Crippen LogP contribution in [0.4, 0.5) is 0 Å². The highest BCUT2D eigenvalue weighted by molar-refractivity contribution is 7.89. The van der Waals surface area contributed by atoms with Crippen LogP contribution in [0.15, 0.2) is 17.3 Å². The maximum atomic E-state index is 12.1. The minimum atomic E-state index is -3.44. The number of nitrogens with zero attached hydrogens (tertiary/aromatic N) is 2. The summed E-state index contributed by atoms with van der Waals surface area (Å²) in [5.74, 6) is 0. The molecule has 0 spiro atoms. The molecular weight excluding hydrogens is 264 g/mol. The highest BCUT2D eigenvalue weighted by atomic mass is 32.2. The lowest BCUT2D eigenvalue weighted by atomic mass is 10.0. The highest BCUT2D eigenvalue weighted by Crippen LogP contribution is 2.11. The van der Waals surface area contributed by atoms with Gasteiger partial charge in [-0.25, -0.2) is 13.1 Å². The zero-order valence-electron chi connectivity index (χ0n) is 11.3. The first-order valence-corrected chi connectivity index (χ1v) is 8.36. The molecule has 0 aromatic carbocycles. The van der Waals surface area contributed by atoms with Gasteiger partial charge in [-0.15, -0.1) is 0 Å². The molecule has 108 valence electrons. The van der Waals surface area contributed by atoms with Crippen LogP contribution in [0, 0.1) is 0 Å². The fourth-order valence-corrected chi connectivity index (χ4v) is 3.63. The molecular formula is C12H22N4O2S. The van der Waals surface area contributed by atoms with E-state index in [0.717, 1.165) is 19.4 Å². The predicted molar refractivity (Wildman–Crippen MR) is 73.3 cm³/mol.